The zero-order valence-electron chi connectivity index (χ0n) is 12.4. The van der Waals surface area contributed by atoms with E-state index in [-0.39, 0.29) is 18.2 Å². The molecule has 0 amide bonds. The number of hydrogen-bond donors (Lipinski definition) is 2. The van der Waals surface area contributed by atoms with Crippen molar-refractivity contribution in [1.29, 1.82) is 0 Å². The first kappa shape index (κ1) is 15.2. The first-order valence-electron chi connectivity index (χ1n) is 7.69. The Balaban J connectivity index is 1.67. The summed E-state index contributed by atoms with van der Waals surface area (Å²) in [5.74, 6) is 0.646. The van der Waals surface area contributed by atoms with Crippen molar-refractivity contribution >= 4 is 0 Å². The highest BCUT2D eigenvalue weighted by Crippen LogP contribution is 2.25. The number of rotatable bonds is 8. The third kappa shape index (κ3) is 5.38. The van der Waals surface area contributed by atoms with Crippen molar-refractivity contribution in [2.75, 3.05) is 26.4 Å². The van der Waals surface area contributed by atoms with Crippen LogP contribution in [0.15, 0.2) is 0 Å². The van der Waals surface area contributed by atoms with Gasteiger partial charge in [-0.3, -0.25) is 0 Å². The normalized spacial score (nSPS) is 26.1. The molecule has 1 saturated heterocycles. The van der Waals surface area contributed by atoms with Crippen LogP contribution in [0.5, 0.6) is 0 Å². The van der Waals surface area contributed by atoms with Gasteiger partial charge in [-0.05, 0) is 51.9 Å². The molecule has 1 aliphatic heterocycles. The average Bonchev–Trinajstić information content (AvgIpc) is 3.21. The Labute approximate surface area is 116 Å². The molecule has 2 unspecified atom stereocenters. The summed E-state index contributed by atoms with van der Waals surface area (Å²) in [6.07, 6.45) is 5.77. The molecule has 0 aromatic rings. The quantitative estimate of drug-likeness (QED) is 0.705. The lowest BCUT2D eigenvalue weighted by Gasteiger charge is -2.32. The molecule has 2 N–H and O–H groups in total. The molecule has 4 heteroatoms. The van der Waals surface area contributed by atoms with E-state index in [0.29, 0.717) is 12.0 Å². The van der Waals surface area contributed by atoms with Gasteiger partial charge in [-0.1, -0.05) is 0 Å². The van der Waals surface area contributed by atoms with Gasteiger partial charge < -0.3 is 19.9 Å². The second-order valence-electron chi connectivity index (χ2n) is 6.54. The van der Waals surface area contributed by atoms with Crippen LogP contribution in [-0.2, 0) is 9.47 Å². The molecule has 1 heterocycles. The van der Waals surface area contributed by atoms with Gasteiger partial charge in [0, 0.05) is 31.4 Å². The standard InChI is InChI=1S/C15H29NO3/c1-12(19-10-13-5-7-18-8-6-13)9-15(2,11-17)16-14-3-4-14/h12-14,16-17H,3-11H2,1-2H3. The monoisotopic (exact) mass is 271 g/mol. The van der Waals surface area contributed by atoms with Crippen LogP contribution in [-0.4, -0.2) is 49.2 Å². The van der Waals surface area contributed by atoms with Crippen LogP contribution < -0.4 is 5.32 Å². The van der Waals surface area contributed by atoms with Crippen molar-refractivity contribution in [3.8, 4) is 0 Å². The Bertz CT molecular complexity index is 264. The Morgan fingerprint density at radius 3 is 2.58 bits per heavy atom. The molecule has 0 bridgehead atoms. The number of ether oxygens (including phenoxy) is 2. The molecule has 112 valence electrons. The fraction of sp³-hybridized carbons (Fsp3) is 1.00. The highest BCUT2D eigenvalue weighted by Gasteiger charge is 2.33. The summed E-state index contributed by atoms with van der Waals surface area (Å²) in [4.78, 5) is 0. The molecule has 4 nitrogen and oxygen atoms in total. The van der Waals surface area contributed by atoms with Gasteiger partial charge >= 0.3 is 0 Å². The summed E-state index contributed by atoms with van der Waals surface area (Å²) >= 11 is 0. The van der Waals surface area contributed by atoms with E-state index < -0.39 is 0 Å². The molecule has 2 aliphatic rings. The topological polar surface area (TPSA) is 50.7 Å². The predicted molar refractivity (Wildman–Crippen MR) is 75.2 cm³/mol. The molecular weight excluding hydrogens is 242 g/mol. The van der Waals surface area contributed by atoms with Crippen LogP contribution in [0.4, 0.5) is 0 Å². The average molecular weight is 271 g/mol. The zero-order chi connectivity index (χ0) is 13.7. The fourth-order valence-electron chi connectivity index (χ4n) is 2.80. The summed E-state index contributed by atoms with van der Waals surface area (Å²) in [5.41, 5.74) is -0.198. The lowest BCUT2D eigenvalue weighted by molar-refractivity contribution is -0.0196. The Kier molecular flexibility index (Phi) is 5.63. The highest BCUT2D eigenvalue weighted by molar-refractivity contribution is 4.93. The fourth-order valence-corrected chi connectivity index (χ4v) is 2.80. The van der Waals surface area contributed by atoms with Crippen LogP contribution in [0.2, 0.25) is 0 Å². The van der Waals surface area contributed by atoms with Crippen LogP contribution in [0, 0.1) is 5.92 Å². The largest absolute Gasteiger partial charge is 0.394 e. The lowest BCUT2D eigenvalue weighted by atomic mass is 9.95. The Hall–Kier alpha value is -0.160. The maximum Gasteiger partial charge on any atom is 0.0611 e. The maximum absolute atomic E-state index is 9.59. The summed E-state index contributed by atoms with van der Waals surface area (Å²) < 4.78 is 11.3. The third-order valence-corrected chi connectivity index (χ3v) is 4.17. The van der Waals surface area contributed by atoms with Crippen LogP contribution in [0.25, 0.3) is 0 Å². The number of hydrogen-bond acceptors (Lipinski definition) is 4. The molecule has 0 aromatic heterocycles. The molecule has 0 radical (unpaired) electrons. The van der Waals surface area contributed by atoms with Crippen molar-refractivity contribution in [3.05, 3.63) is 0 Å². The lowest BCUT2D eigenvalue weighted by Crippen LogP contribution is -2.49. The van der Waals surface area contributed by atoms with E-state index >= 15 is 0 Å². The van der Waals surface area contributed by atoms with Crippen molar-refractivity contribution in [2.45, 2.75) is 63.6 Å². The molecule has 2 rings (SSSR count). The van der Waals surface area contributed by atoms with Crippen LogP contribution in [0.1, 0.15) is 46.0 Å². The van der Waals surface area contributed by atoms with Gasteiger partial charge in [0.05, 0.1) is 12.7 Å². The van der Waals surface area contributed by atoms with Crippen molar-refractivity contribution in [3.63, 3.8) is 0 Å². The Morgan fingerprint density at radius 2 is 2.00 bits per heavy atom. The molecule has 0 spiro atoms. The minimum atomic E-state index is -0.198. The van der Waals surface area contributed by atoms with E-state index in [4.69, 9.17) is 9.47 Å². The summed E-state index contributed by atoms with van der Waals surface area (Å²) in [7, 11) is 0. The molecule has 19 heavy (non-hydrogen) atoms. The van der Waals surface area contributed by atoms with E-state index in [0.717, 1.165) is 39.1 Å². The van der Waals surface area contributed by atoms with Gasteiger partial charge in [-0.25, -0.2) is 0 Å². The molecule has 1 aliphatic carbocycles. The number of aliphatic hydroxyl groups is 1. The second-order valence-corrected chi connectivity index (χ2v) is 6.54. The smallest absolute Gasteiger partial charge is 0.0611 e. The van der Waals surface area contributed by atoms with Gasteiger partial charge in [0.2, 0.25) is 0 Å². The number of aliphatic hydroxyl groups excluding tert-OH is 1. The van der Waals surface area contributed by atoms with Gasteiger partial charge in [0.15, 0.2) is 0 Å². The minimum Gasteiger partial charge on any atom is -0.394 e. The van der Waals surface area contributed by atoms with Crippen LogP contribution >= 0.6 is 0 Å². The van der Waals surface area contributed by atoms with E-state index in [1.165, 1.54) is 12.8 Å². The minimum absolute atomic E-state index is 0.175. The zero-order valence-corrected chi connectivity index (χ0v) is 12.4. The highest BCUT2D eigenvalue weighted by atomic mass is 16.5. The summed E-state index contributed by atoms with van der Waals surface area (Å²) in [6, 6.07) is 0.611. The van der Waals surface area contributed by atoms with Gasteiger partial charge in [0.25, 0.3) is 0 Å². The van der Waals surface area contributed by atoms with Gasteiger partial charge in [0.1, 0.15) is 0 Å². The van der Waals surface area contributed by atoms with Crippen LogP contribution in [0.3, 0.4) is 0 Å². The molecule has 2 atom stereocenters. The molecule has 2 fully saturated rings. The van der Waals surface area contributed by atoms with E-state index in [2.05, 4.69) is 19.2 Å². The van der Waals surface area contributed by atoms with Gasteiger partial charge in [-0.2, -0.15) is 0 Å². The first-order chi connectivity index (χ1) is 9.11. The third-order valence-electron chi connectivity index (χ3n) is 4.17. The molecular formula is C15H29NO3. The SMILES string of the molecule is CC(CC(C)(CO)NC1CC1)OCC1CCOCC1. The van der Waals surface area contributed by atoms with Crippen molar-refractivity contribution in [1.82, 2.24) is 5.32 Å². The van der Waals surface area contributed by atoms with E-state index in [1.807, 2.05) is 0 Å². The first-order valence-corrected chi connectivity index (χ1v) is 7.69. The van der Waals surface area contributed by atoms with Crippen molar-refractivity contribution in [2.24, 2.45) is 5.92 Å². The second kappa shape index (κ2) is 7.02. The summed E-state index contributed by atoms with van der Waals surface area (Å²) in [6.45, 7) is 6.96. The van der Waals surface area contributed by atoms with Crippen molar-refractivity contribution < 1.29 is 14.6 Å². The Morgan fingerprint density at radius 1 is 1.32 bits per heavy atom. The van der Waals surface area contributed by atoms with E-state index in [1.54, 1.807) is 0 Å². The maximum atomic E-state index is 9.59. The van der Waals surface area contributed by atoms with E-state index in [9.17, 15) is 5.11 Å². The summed E-state index contributed by atoms with van der Waals surface area (Å²) in [5, 5.41) is 13.1. The van der Waals surface area contributed by atoms with Gasteiger partial charge in [-0.15, -0.1) is 0 Å². The molecule has 0 aromatic carbocycles. The predicted octanol–water partition coefficient (Wildman–Crippen LogP) is 1.71. The number of nitrogens with one attached hydrogen (secondary N) is 1. The molecule has 1 saturated carbocycles.